The van der Waals surface area contributed by atoms with Crippen molar-refractivity contribution in [3.63, 3.8) is 0 Å². The molecule has 0 unspecified atom stereocenters. The largest absolute Gasteiger partial charge is 0.274 e. The van der Waals surface area contributed by atoms with Crippen molar-refractivity contribution in [3.8, 4) is 0 Å². The summed E-state index contributed by atoms with van der Waals surface area (Å²) < 4.78 is 0. The number of benzene rings is 7. The van der Waals surface area contributed by atoms with Crippen molar-refractivity contribution in [3.05, 3.63) is 142 Å². The minimum atomic E-state index is -0.289. The molecule has 7 aromatic rings. The Labute approximate surface area is 276 Å². The number of carbonyl (C=O) groups is 4. The van der Waals surface area contributed by atoms with Crippen LogP contribution in [0.5, 0.6) is 0 Å². The van der Waals surface area contributed by atoms with Crippen molar-refractivity contribution in [2.45, 2.75) is 26.7 Å². The Morgan fingerprint density at radius 2 is 0.708 bits per heavy atom. The minimum absolute atomic E-state index is 0.289. The van der Waals surface area contributed by atoms with Crippen LogP contribution < -0.4 is 0 Å². The van der Waals surface area contributed by atoms with Crippen molar-refractivity contribution in [1.82, 2.24) is 9.80 Å². The number of imide groups is 2. The van der Waals surface area contributed by atoms with Crippen LogP contribution >= 0.6 is 0 Å². The summed E-state index contributed by atoms with van der Waals surface area (Å²) in [6.07, 6.45) is 1.17. The first-order valence-corrected chi connectivity index (χ1v) is 16.3. The second kappa shape index (κ2) is 10.3. The average molecular weight is 627 g/mol. The Kier molecular flexibility index (Phi) is 6.09. The first-order chi connectivity index (χ1) is 23.3. The fraction of sp³-hybridized carbons (Fsp3) is 0.143. The van der Waals surface area contributed by atoms with Gasteiger partial charge in [0.1, 0.15) is 0 Å². The van der Waals surface area contributed by atoms with Gasteiger partial charge in [0.15, 0.2) is 0 Å². The highest BCUT2D eigenvalue weighted by Crippen LogP contribution is 2.46. The second-order valence-electron chi connectivity index (χ2n) is 13.0. The van der Waals surface area contributed by atoms with Crippen LogP contribution in [0.1, 0.15) is 63.7 Å². The molecule has 48 heavy (non-hydrogen) atoms. The Hall–Kier alpha value is -5.88. The molecule has 4 amide bonds. The number of hydrogen-bond donors (Lipinski definition) is 0. The van der Waals surface area contributed by atoms with Crippen LogP contribution in [0.4, 0.5) is 0 Å². The number of fused-ring (bicyclic) bond motifs is 2. The zero-order valence-corrected chi connectivity index (χ0v) is 26.6. The standard InChI is InChI=1S/C42H30N2O4/c1-23-7-3-5-9-25(23)19-21-43-39(45)31-15-11-27-29-13-17-33-38-34(42(48)44(41(33)47)22-20-26-10-6-4-8-24(26)2)18-14-30(36(29)38)28-12-16-32(40(43)46)37(31)35(27)28/h3-18H,19-22H2,1-2H3. The Balaban J connectivity index is 1.16. The van der Waals surface area contributed by atoms with Crippen LogP contribution in [0.15, 0.2) is 97.1 Å². The normalized spacial score (nSPS) is 14.5. The molecule has 9 rings (SSSR count). The number of amides is 4. The summed E-state index contributed by atoms with van der Waals surface area (Å²) in [4.78, 5) is 58.4. The molecule has 2 heterocycles. The predicted molar refractivity (Wildman–Crippen MR) is 188 cm³/mol. The van der Waals surface area contributed by atoms with Crippen molar-refractivity contribution in [2.24, 2.45) is 0 Å². The van der Waals surface area contributed by atoms with Crippen LogP contribution in [-0.2, 0) is 12.8 Å². The zero-order chi connectivity index (χ0) is 32.8. The smallest absolute Gasteiger partial charge is 0.261 e. The molecule has 0 atom stereocenters. The van der Waals surface area contributed by atoms with Crippen LogP contribution in [0.3, 0.4) is 0 Å². The fourth-order valence-corrected chi connectivity index (χ4v) is 8.02. The Bertz CT molecular complexity index is 2280. The summed E-state index contributed by atoms with van der Waals surface area (Å²) >= 11 is 0. The van der Waals surface area contributed by atoms with E-state index >= 15 is 0 Å². The lowest BCUT2D eigenvalue weighted by atomic mass is 9.82. The van der Waals surface area contributed by atoms with Gasteiger partial charge in [-0.25, -0.2) is 0 Å². The molecule has 0 saturated carbocycles. The van der Waals surface area contributed by atoms with E-state index < -0.39 is 0 Å². The fourth-order valence-electron chi connectivity index (χ4n) is 8.02. The molecule has 0 spiro atoms. The molecule has 0 radical (unpaired) electrons. The molecule has 2 aliphatic rings. The maximum Gasteiger partial charge on any atom is 0.261 e. The zero-order valence-electron chi connectivity index (χ0n) is 26.6. The molecular formula is C42H30N2O4. The lowest BCUT2D eigenvalue weighted by molar-refractivity contribution is 0.0597. The van der Waals surface area contributed by atoms with Gasteiger partial charge in [0.2, 0.25) is 0 Å². The molecule has 0 fully saturated rings. The Morgan fingerprint density at radius 3 is 1.02 bits per heavy atom. The van der Waals surface area contributed by atoms with Gasteiger partial charge in [0.05, 0.1) is 0 Å². The van der Waals surface area contributed by atoms with Crippen molar-refractivity contribution in [2.75, 3.05) is 13.1 Å². The number of aryl methyl sites for hydroxylation is 2. The summed E-state index contributed by atoms with van der Waals surface area (Å²) in [5.41, 5.74) is 6.53. The summed E-state index contributed by atoms with van der Waals surface area (Å²) in [6, 6.07) is 31.2. The van der Waals surface area contributed by atoms with Gasteiger partial charge in [-0.15, -0.1) is 0 Å². The predicted octanol–water partition coefficient (Wildman–Crippen LogP) is 8.03. The number of carbonyl (C=O) groups excluding carboxylic acids is 4. The second-order valence-corrected chi connectivity index (χ2v) is 13.0. The van der Waals surface area contributed by atoms with Gasteiger partial charge in [-0.3, -0.25) is 29.0 Å². The van der Waals surface area contributed by atoms with Gasteiger partial charge >= 0.3 is 0 Å². The third kappa shape index (κ3) is 3.86. The summed E-state index contributed by atoms with van der Waals surface area (Å²) in [5.74, 6) is -1.16. The first-order valence-electron chi connectivity index (χ1n) is 16.3. The van der Waals surface area contributed by atoms with Gasteiger partial charge in [0, 0.05) is 46.1 Å². The van der Waals surface area contributed by atoms with E-state index in [4.69, 9.17) is 0 Å². The van der Waals surface area contributed by atoms with E-state index in [9.17, 15) is 19.2 Å². The van der Waals surface area contributed by atoms with E-state index in [1.54, 1.807) is 0 Å². The third-order valence-electron chi connectivity index (χ3n) is 10.5. The number of nitrogens with zero attached hydrogens (tertiary/aromatic N) is 2. The van der Waals surface area contributed by atoms with Crippen molar-refractivity contribution < 1.29 is 19.2 Å². The van der Waals surface area contributed by atoms with Crippen LogP contribution in [-0.4, -0.2) is 46.5 Å². The maximum atomic E-state index is 13.9. The van der Waals surface area contributed by atoms with E-state index in [0.29, 0.717) is 59.0 Å². The van der Waals surface area contributed by atoms with Gasteiger partial charge in [-0.05, 0) is 106 Å². The molecule has 0 saturated heterocycles. The molecule has 0 aromatic heterocycles. The monoisotopic (exact) mass is 626 g/mol. The highest BCUT2D eigenvalue weighted by Gasteiger charge is 2.36. The van der Waals surface area contributed by atoms with Crippen LogP contribution in [0.2, 0.25) is 0 Å². The van der Waals surface area contributed by atoms with Crippen LogP contribution in [0, 0.1) is 13.8 Å². The Morgan fingerprint density at radius 1 is 0.396 bits per heavy atom. The molecule has 0 N–H and O–H groups in total. The van der Waals surface area contributed by atoms with E-state index in [1.165, 1.54) is 9.80 Å². The molecular weight excluding hydrogens is 596 g/mol. The van der Waals surface area contributed by atoms with Crippen molar-refractivity contribution >= 4 is 66.7 Å². The molecule has 0 bridgehead atoms. The number of rotatable bonds is 6. The lowest BCUT2D eigenvalue weighted by Gasteiger charge is -2.30. The molecule has 0 aliphatic carbocycles. The molecule has 232 valence electrons. The summed E-state index contributed by atoms with van der Waals surface area (Å²) in [7, 11) is 0. The van der Waals surface area contributed by atoms with E-state index in [2.05, 4.69) is 0 Å². The molecule has 6 nitrogen and oxygen atoms in total. The lowest BCUT2D eigenvalue weighted by Crippen LogP contribution is -2.41. The minimum Gasteiger partial charge on any atom is -0.274 e. The highest BCUT2D eigenvalue weighted by molar-refractivity contribution is 6.41. The quantitative estimate of drug-likeness (QED) is 0.106. The first kappa shape index (κ1) is 28.4. The summed E-state index contributed by atoms with van der Waals surface area (Å²) in [6.45, 7) is 4.66. The number of hydrogen-bond acceptors (Lipinski definition) is 4. The molecule has 6 heteroatoms. The van der Waals surface area contributed by atoms with Gasteiger partial charge in [-0.1, -0.05) is 72.8 Å². The van der Waals surface area contributed by atoms with Gasteiger partial charge in [0.25, 0.3) is 23.6 Å². The summed E-state index contributed by atoms with van der Waals surface area (Å²) in [5, 5.41) is 6.59. The molecule has 7 aromatic carbocycles. The van der Waals surface area contributed by atoms with Gasteiger partial charge < -0.3 is 0 Å². The average Bonchev–Trinajstić information content (AvgIpc) is 3.10. The SMILES string of the molecule is Cc1ccccc1CCN1C(=O)c2ccc3c4ccc5c6c(ccc(c7ccc(c2c37)C1=O)c64)C(=O)N(CCc1ccccc1C)C5=O. The molecule has 2 aliphatic heterocycles. The van der Waals surface area contributed by atoms with Crippen molar-refractivity contribution in [1.29, 1.82) is 0 Å². The highest BCUT2D eigenvalue weighted by atomic mass is 16.2. The maximum absolute atomic E-state index is 13.9. The van der Waals surface area contributed by atoms with E-state index in [0.717, 1.165) is 54.6 Å². The van der Waals surface area contributed by atoms with E-state index in [1.807, 2.05) is 111 Å². The third-order valence-corrected chi connectivity index (χ3v) is 10.5. The van der Waals surface area contributed by atoms with Gasteiger partial charge in [-0.2, -0.15) is 0 Å². The van der Waals surface area contributed by atoms with E-state index in [-0.39, 0.29) is 23.6 Å². The van der Waals surface area contributed by atoms with Crippen LogP contribution in [0.25, 0.3) is 43.1 Å². The topological polar surface area (TPSA) is 74.8 Å².